The highest BCUT2D eigenvalue weighted by atomic mass is 32.2. The smallest absolute Gasteiger partial charge is 0.219 e. The number of nitrogens with one attached hydrogen (secondary N) is 1. The van der Waals surface area contributed by atoms with Crippen molar-refractivity contribution < 1.29 is 13.2 Å². The highest BCUT2D eigenvalue weighted by Crippen LogP contribution is 2.04. The van der Waals surface area contributed by atoms with E-state index in [9.17, 15) is 13.2 Å². The standard InChI is InChI=1S/C15H31N5O3S/c1-5-16-15(19-12-10-18(11-13-19)14(3)21)17-8-7-9-20(6-2)24(4,22)23/h5-13H2,1-4H3,(H,16,17). The summed E-state index contributed by atoms with van der Waals surface area (Å²) in [5.74, 6) is 0.945. The van der Waals surface area contributed by atoms with Crippen LogP contribution in [-0.4, -0.2) is 93.0 Å². The van der Waals surface area contributed by atoms with Gasteiger partial charge in [-0.2, -0.15) is 0 Å². The number of aliphatic imine (C=N–C) groups is 1. The Morgan fingerprint density at radius 3 is 2.21 bits per heavy atom. The number of guanidine groups is 1. The summed E-state index contributed by atoms with van der Waals surface area (Å²) >= 11 is 0. The molecule has 0 atom stereocenters. The third kappa shape index (κ3) is 6.64. The molecule has 8 nitrogen and oxygen atoms in total. The van der Waals surface area contributed by atoms with Crippen molar-refractivity contribution in [3.05, 3.63) is 0 Å². The predicted molar refractivity (Wildman–Crippen MR) is 96.5 cm³/mol. The Kier molecular flexibility index (Phi) is 8.47. The lowest BCUT2D eigenvalue weighted by atomic mass is 10.3. The van der Waals surface area contributed by atoms with Crippen LogP contribution in [-0.2, 0) is 14.8 Å². The first kappa shape index (κ1) is 20.7. The lowest BCUT2D eigenvalue weighted by Gasteiger charge is -2.36. The molecular formula is C15H31N5O3S. The molecule has 9 heteroatoms. The lowest BCUT2D eigenvalue weighted by molar-refractivity contribution is -0.130. The van der Waals surface area contributed by atoms with Gasteiger partial charge in [-0.25, -0.2) is 12.7 Å². The van der Waals surface area contributed by atoms with Crippen molar-refractivity contribution in [1.82, 2.24) is 19.4 Å². The average molecular weight is 362 g/mol. The zero-order chi connectivity index (χ0) is 18.2. The third-order valence-corrected chi connectivity index (χ3v) is 5.39. The van der Waals surface area contributed by atoms with Crippen LogP contribution in [0.25, 0.3) is 0 Å². The predicted octanol–water partition coefficient (Wildman–Crippen LogP) is -0.212. The summed E-state index contributed by atoms with van der Waals surface area (Å²) in [4.78, 5) is 20.0. The molecule has 0 aromatic carbocycles. The van der Waals surface area contributed by atoms with Crippen molar-refractivity contribution in [1.29, 1.82) is 0 Å². The number of piperazine rings is 1. The molecule has 24 heavy (non-hydrogen) atoms. The van der Waals surface area contributed by atoms with Gasteiger partial charge in [0.05, 0.1) is 6.26 Å². The van der Waals surface area contributed by atoms with E-state index in [0.29, 0.717) is 39.1 Å². The van der Waals surface area contributed by atoms with Crippen LogP contribution in [0.15, 0.2) is 4.99 Å². The Labute approximate surface area is 145 Å². The molecule has 0 aliphatic carbocycles. The number of hydrogen-bond donors (Lipinski definition) is 1. The van der Waals surface area contributed by atoms with E-state index in [1.54, 1.807) is 6.92 Å². The second-order valence-electron chi connectivity index (χ2n) is 5.84. The van der Waals surface area contributed by atoms with Gasteiger partial charge in [0.25, 0.3) is 0 Å². The van der Waals surface area contributed by atoms with Gasteiger partial charge in [-0.15, -0.1) is 0 Å². The Balaban J connectivity index is 2.53. The van der Waals surface area contributed by atoms with Gasteiger partial charge in [0.1, 0.15) is 0 Å². The third-order valence-electron chi connectivity index (χ3n) is 4.01. The van der Waals surface area contributed by atoms with Crippen molar-refractivity contribution in [2.75, 3.05) is 58.6 Å². The molecule has 0 aromatic rings. The van der Waals surface area contributed by atoms with Gasteiger partial charge >= 0.3 is 0 Å². The molecule has 0 spiro atoms. The summed E-state index contributed by atoms with van der Waals surface area (Å²) < 4.78 is 24.6. The summed E-state index contributed by atoms with van der Waals surface area (Å²) in [6.45, 7) is 10.7. The Morgan fingerprint density at radius 1 is 1.17 bits per heavy atom. The summed E-state index contributed by atoms with van der Waals surface area (Å²) in [6, 6.07) is 0. The quantitative estimate of drug-likeness (QED) is 0.385. The summed E-state index contributed by atoms with van der Waals surface area (Å²) in [5.41, 5.74) is 0. The van der Waals surface area contributed by atoms with E-state index >= 15 is 0 Å². The van der Waals surface area contributed by atoms with Gasteiger partial charge in [0.2, 0.25) is 15.9 Å². The van der Waals surface area contributed by atoms with Gasteiger partial charge in [0.15, 0.2) is 5.96 Å². The van der Waals surface area contributed by atoms with Gasteiger partial charge in [-0.1, -0.05) is 6.92 Å². The lowest BCUT2D eigenvalue weighted by Crippen LogP contribution is -2.53. The highest BCUT2D eigenvalue weighted by molar-refractivity contribution is 7.88. The second kappa shape index (κ2) is 9.83. The van der Waals surface area contributed by atoms with E-state index < -0.39 is 10.0 Å². The van der Waals surface area contributed by atoms with Crippen LogP contribution in [0.1, 0.15) is 27.2 Å². The van der Waals surface area contributed by atoms with Crippen molar-refractivity contribution in [3.63, 3.8) is 0 Å². The van der Waals surface area contributed by atoms with Crippen molar-refractivity contribution >= 4 is 21.9 Å². The maximum absolute atomic E-state index is 11.6. The van der Waals surface area contributed by atoms with Crippen molar-refractivity contribution in [3.8, 4) is 0 Å². The van der Waals surface area contributed by atoms with Crippen LogP contribution in [0.4, 0.5) is 0 Å². The maximum Gasteiger partial charge on any atom is 0.219 e. The molecule has 1 aliphatic rings. The Bertz CT molecular complexity index is 527. The molecule has 1 aliphatic heterocycles. The van der Waals surface area contributed by atoms with Crippen LogP contribution in [0.2, 0.25) is 0 Å². The second-order valence-corrected chi connectivity index (χ2v) is 7.82. The first-order chi connectivity index (χ1) is 11.3. The number of hydrogen-bond acceptors (Lipinski definition) is 4. The first-order valence-corrected chi connectivity index (χ1v) is 10.4. The van der Waals surface area contributed by atoms with E-state index in [4.69, 9.17) is 0 Å². The topological polar surface area (TPSA) is 85.3 Å². The largest absolute Gasteiger partial charge is 0.357 e. The number of nitrogens with zero attached hydrogens (tertiary/aromatic N) is 4. The fourth-order valence-corrected chi connectivity index (χ4v) is 3.58. The van der Waals surface area contributed by atoms with Crippen LogP contribution in [0.3, 0.4) is 0 Å². The van der Waals surface area contributed by atoms with Crippen LogP contribution >= 0.6 is 0 Å². The number of carbonyl (C=O) groups is 1. The average Bonchev–Trinajstić information content (AvgIpc) is 2.52. The molecule has 0 saturated carbocycles. The summed E-state index contributed by atoms with van der Waals surface area (Å²) in [6.07, 6.45) is 1.92. The minimum atomic E-state index is -3.14. The van der Waals surface area contributed by atoms with Crippen molar-refractivity contribution in [2.24, 2.45) is 4.99 Å². The molecule has 1 amide bonds. The van der Waals surface area contributed by atoms with Gasteiger partial charge < -0.3 is 15.1 Å². The molecule has 1 rings (SSSR count). The number of sulfonamides is 1. The molecule has 0 radical (unpaired) electrons. The molecule has 1 fully saturated rings. The fraction of sp³-hybridized carbons (Fsp3) is 0.867. The molecule has 140 valence electrons. The van der Waals surface area contributed by atoms with Crippen LogP contribution in [0, 0.1) is 0 Å². The number of carbonyl (C=O) groups excluding carboxylic acids is 1. The van der Waals surface area contributed by atoms with E-state index in [0.717, 1.165) is 25.6 Å². The zero-order valence-corrected chi connectivity index (χ0v) is 16.1. The minimum absolute atomic E-state index is 0.108. The van der Waals surface area contributed by atoms with Crippen LogP contribution < -0.4 is 5.32 Å². The molecule has 0 bridgehead atoms. The Morgan fingerprint density at radius 2 is 1.75 bits per heavy atom. The molecule has 0 aromatic heterocycles. The van der Waals surface area contributed by atoms with Gasteiger partial charge in [-0.3, -0.25) is 9.79 Å². The van der Waals surface area contributed by atoms with Gasteiger partial charge in [0, 0.05) is 59.3 Å². The highest BCUT2D eigenvalue weighted by Gasteiger charge is 2.20. The fourth-order valence-electron chi connectivity index (χ4n) is 2.65. The minimum Gasteiger partial charge on any atom is -0.357 e. The normalized spacial score (nSPS) is 16.6. The van der Waals surface area contributed by atoms with E-state index in [1.165, 1.54) is 10.6 Å². The molecule has 1 heterocycles. The zero-order valence-electron chi connectivity index (χ0n) is 15.3. The monoisotopic (exact) mass is 361 g/mol. The van der Waals surface area contributed by atoms with E-state index in [1.807, 2.05) is 18.7 Å². The SMILES string of the molecule is CCNC(=NCCCN(CC)S(C)(=O)=O)N1CCN(C(C)=O)CC1. The maximum atomic E-state index is 11.6. The van der Waals surface area contributed by atoms with E-state index in [-0.39, 0.29) is 5.91 Å². The molecular weight excluding hydrogens is 330 g/mol. The molecule has 0 unspecified atom stereocenters. The van der Waals surface area contributed by atoms with Crippen molar-refractivity contribution in [2.45, 2.75) is 27.2 Å². The summed E-state index contributed by atoms with van der Waals surface area (Å²) in [5, 5.41) is 3.27. The Hall–Kier alpha value is -1.35. The van der Waals surface area contributed by atoms with E-state index in [2.05, 4.69) is 15.2 Å². The van der Waals surface area contributed by atoms with Gasteiger partial charge in [-0.05, 0) is 13.3 Å². The first-order valence-electron chi connectivity index (χ1n) is 8.53. The molecule has 1 saturated heterocycles. The number of amides is 1. The molecule has 1 N–H and O–H groups in total. The van der Waals surface area contributed by atoms with Crippen LogP contribution in [0.5, 0.6) is 0 Å². The summed E-state index contributed by atoms with van der Waals surface area (Å²) in [7, 11) is -3.14. The number of rotatable bonds is 7.